The maximum absolute atomic E-state index is 13.0. The molecule has 1 aliphatic rings. The molecule has 3 heterocycles. The Balaban J connectivity index is 1.24. The summed E-state index contributed by atoms with van der Waals surface area (Å²) in [5.74, 6) is 1.66. The summed E-state index contributed by atoms with van der Waals surface area (Å²) in [4.78, 5) is 18.4. The van der Waals surface area contributed by atoms with Crippen molar-refractivity contribution >= 4 is 68.5 Å². The molecule has 2 aromatic heterocycles. The SMILES string of the molecule is CN=C(C=C(N)CSCc1nn2c(c1-c1c(Cl)ccc3c(CCCO)c(C(=O)OC)n(C)c13)CCC2)CSc1cc(O)c2ccccc2c1. The number of hydrogen-bond donors (Lipinski definition) is 3. The van der Waals surface area contributed by atoms with E-state index in [1.54, 1.807) is 36.6 Å². The normalized spacial score (nSPS) is 13.5. The fourth-order valence-electron chi connectivity index (χ4n) is 6.68. The first-order valence-electron chi connectivity index (χ1n) is 16.2. The number of aliphatic hydroxyl groups is 1. The smallest absolute Gasteiger partial charge is 0.354 e. The minimum absolute atomic E-state index is 0.0206. The lowest BCUT2D eigenvalue weighted by molar-refractivity contribution is 0.0589. The van der Waals surface area contributed by atoms with E-state index in [1.165, 1.54) is 7.11 Å². The van der Waals surface area contributed by atoms with E-state index in [1.807, 2.05) is 54.1 Å². The number of rotatable bonds is 13. The number of allylic oxidation sites excluding steroid dienone is 1. The number of fused-ring (bicyclic) bond motifs is 3. The molecule has 256 valence electrons. The van der Waals surface area contributed by atoms with Gasteiger partial charge in [-0.3, -0.25) is 9.67 Å². The molecule has 3 aromatic carbocycles. The third-order valence-electron chi connectivity index (χ3n) is 8.88. The molecule has 12 heteroatoms. The molecule has 0 saturated heterocycles. The van der Waals surface area contributed by atoms with E-state index in [4.69, 9.17) is 27.2 Å². The number of methoxy groups -OCH3 is 1. The molecule has 49 heavy (non-hydrogen) atoms. The lowest BCUT2D eigenvalue weighted by Gasteiger charge is -2.12. The number of carbonyl (C=O) groups excluding carboxylic acids is 1. The van der Waals surface area contributed by atoms with Gasteiger partial charge in [0.2, 0.25) is 0 Å². The van der Waals surface area contributed by atoms with E-state index >= 15 is 0 Å². The highest BCUT2D eigenvalue weighted by Crippen LogP contribution is 2.44. The third kappa shape index (κ3) is 7.08. The number of esters is 1. The second-order valence-electron chi connectivity index (χ2n) is 12.0. The Morgan fingerprint density at radius 3 is 2.76 bits per heavy atom. The maximum Gasteiger partial charge on any atom is 0.354 e. The van der Waals surface area contributed by atoms with Crippen molar-refractivity contribution < 1.29 is 19.7 Å². The zero-order valence-electron chi connectivity index (χ0n) is 27.8. The number of benzene rings is 3. The predicted molar refractivity (Wildman–Crippen MR) is 202 cm³/mol. The lowest BCUT2D eigenvalue weighted by atomic mass is 9.97. The summed E-state index contributed by atoms with van der Waals surface area (Å²) in [5, 5.41) is 28.4. The van der Waals surface area contributed by atoms with Crippen molar-refractivity contribution in [3.63, 3.8) is 0 Å². The topological polar surface area (TPSA) is 128 Å². The van der Waals surface area contributed by atoms with Crippen molar-refractivity contribution in [2.45, 2.75) is 42.9 Å². The molecule has 1 aliphatic heterocycles. The van der Waals surface area contributed by atoms with Crippen LogP contribution in [0.2, 0.25) is 5.02 Å². The van der Waals surface area contributed by atoms with E-state index in [0.717, 1.165) is 79.7 Å². The fourth-order valence-corrected chi connectivity index (χ4v) is 8.67. The molecule has 0 amide bonds. The molecule has 0 saturated carbocycles. The molecule has 6 rings (SSSR count). The van der Waals surface area contributed by atoms with Gasteiger partial charge in [0.1, 0.15) is 11.4 Å². The predicted octanol–water partition coefficient (Wildman–Crippen LogP) is 7.15. The molecule has 5 aromatic rings. The van der Waals surface area contributed by atoms with Crippen LogP contribution in [0.4, 0.5) is 0 Å². The van der Waals surface area contributed by atoms with Crippen molar-refractivity contribution in [3.05, 3.63) is 88.0 Å². The monoisotopic (exact) mass is 717 g/mol. The maximum atomic E-state index is 13.0. The molecule has 0 aliphatic carbocycles. The number of carbonyl (C=O) groups is 1. The van der Waals surface area contributed by atoms with E-state index < -0.39 is 5.97 Å². The Morgan fingerprint density at radius 2 is 1.98 bits per heavy atom. The van der Waals surface area contributed by atoms with Gasteiger partial charge in [-0.25, -0.2) is 4.79 Å². The number of ether oxygens (including phenoxy) is 1. The Labute approximate surface area is 299 Å². The van der Waals surface area contributed by atoms with E-state index in [-0.39, 0.29) is 12.4 Å². The largest absolute Gasteiger partial charge is 0.507 e. The number of aliphatic imine (C=N–C) groups is 1. The van der Waals surface area contributed by atoms with Gasteiger partial charge in [-0.05, 0) is 60.9 Å². The summed E-state index contributed by atoms with van der Waals surface area (Å²) < 4.78 is 9.15. The Hall–Kier alpha value is -3.90. The lowest BCUT2D eigenvalue weighted by Crippen LogP contribution is -2.10. The number of nitrogens with two attached hydrogens (primary N) is 1. The second kappa shape index (κ2) is 15.3. The number of hydrogen-bond acceptors (Lipinski definition) is 9. The van der Waals surface area contributed by atoms with Crippen LogP contribution < -0.4 is 5.73 Å². The standard InChI is InChI=1S/C37H40ClN5O4S2/c1-40-24(20-49-25-16-22-8-4-5-9-26(22)32(45)18-25)17-23(39)19-48-21-30-34(31-11-6-14-43(31)41-30)33-29(38)13-12-28-27(10-7-15-44)36(37(46)47-3)42(2)35(28)33/h4-5,8-9,12-13,16-18,44-45H,6-7,10-11,14-15,19-21,39H2,1-3H3. The zero-order valence-corrected chi connectivity index (χ0v) is 30.2. The number of phenols is 1. The quantitative estimate of drug-likeness (QED) is 0.0666. The van der Waals surface area contributed by atoms with Crippen molar-refractivity contribution in [1.29, 1.82) is 0 Å². The third-order valence-corrected chi connectivity index (χ3v) is 11.2. The number of aliphatic hydroxyl groups excluding tert-OH is 1. The summed E-state index contributed by atoms with van der Waals surface area (Å²) in [7, 11) is 5.02. The number of thioether (sulfide) groups is 2. The van der Waals surface area contributed by atoms with Gasteiger partial charge in [0, 0.05) is 88.4 Å². The first-order chi connectivity index (χ1) is 23.7. The minimum Gasteiger partial charge on any atom is -0.507 e. The van der Waals surface area contributed by atoms with Crippen LogP contribution in [0.1, 0.15) is 40.3 Å². The first-order valence-corrected chi connectivity index (χ1v) is 18.7. The van der Waals surface area contributed by atoms with Crippen LogP contribution in [0, 0.1) is 0 Å². The van der Waals surface area contributed by atoms with Gasteiger partial charge in [-0.2, -0.15) is 5.10 Å². The summed E-state index contributed by atoms with van der Waals surface area (Å²) in [6.07, 6.45) is 4.88. The van der Waals surface area contributed by atoms with E-state index in [0.29, 0.717) is 46.5 Å². The molecule has 0 unspecified atom stereocenters. The number of aryl methyl sites for hydroxylation is 3. The van der Waals surface area contributed by atoms with Gasteiger partial charge in [-0.15, -0.1) is 23.5 Å². The molecule has 0 atom stereocenters. The molecular weight excluding hydrogens is 678 g/mol. The minimum atomic E-state index is -0.421. The van der Waals surface area contributed by atoms with Crippen LogP contribution in [-0.2, 0) is 36.9 Å². The van der Waals surface area contributed by atoms with Gasteiger partial charge in [0.15, 0.2) is 0 Å². The van der Waals surface area contributed by atoms with Crippen molar-refractivity contribution in [1.82, 2.24) is 14.3 Å². The highest BCUT2D eigenvalue weighted by Gasteiger charge is 2.30. The summed E-state index contributed by atoms with van der Waals surface area (Å²) in [6, 6.07) is 15.5. The summed E-state index contributed by atoms with van der Waals surface area (Å²) >= 11 is 10.3. The Bertz CT molecular complexity index is 2100. The highest BCUT2D eigenvalue weighted by atomic mass is 35.5. The van der Waals surface area contributed by atoms with E-state index in [2.05, 4.69) is 15.7 Å². The van der Waals surface area contributed by atoms with E-state index in [9.17, 15) is 15.0 Å². The molecule has 4 N–H and O–H groups in total. The van der Waals surface area contributed by atoms with Gasteiger partial charge in [0.25, 0.3) is 0 Å². The number of aromatic hydroxyl groups is 1. The summed E-state index contributed by atoms with van der Waals surface area (Å²) in [6.45, 7) is 0.862. The molecule has 0 spiro atoms. The van der Waals surface area contributed by atoms with Crippen molar-refractivity contribution in [2.24, 2.45) is 17.8 Å². The molecule has 0 fully saturated rings. The fraction of sp³-hybridized carbons (Fsp3) is 0.324. The molecule has 9 nitrogen and oxygen atoms in total. The van der Waals surface area contributed by atoms with Crippen molar-refractivity contribution in [3.8, 4) is 16.9 Å². The highest BCUT2D eigenvalue weighted by molar-refractivity contribution is 8.00. The van der Waals surface area contributed by atoms with Crippen LogP contribution in [0.3, 0.4) is 0 Å². The molecule has 0 bridgehead atoms. The zero-order chi connectivity index (χ0) is 34.7. The first kappa shape index (κ1) is 34.9. The number of halogens is 1. The van der Waals surface area contributed by atoms with Crippen LogP contribution in [0.15, 0.2) is 70.2 Å². The average Bonchev–Trinajstić information content (AvgIpc) is 3.77. The number of phenolic OH excluding ortho intramolecular Hbond substituents is 1. The van der Waals surface area contributed by atoms with Crippen LogP contribution >= 0.6 is 35.1 Å². The molecule has 0 radical (unpaired) electrons. The summed E-state index contributed by atoms with van der Waals surface area (Å²) in [5.41, 5.74) is 14.2. The number of nitrogens with zero attached hydrogens (tertiary/aromatic N) is 4. The Kier molecular flexibility index (Phi) is 10.9. The van der Waals surface area contributed by atoms with Crippen molar-refractivity contribution in [2.75, 3.05) is 32.3 Å². The van der Waals surface area contributed by atoms with Crippen LogP contribution in [0.25, 0.3) is 32.8 Å². The molecular formula is C37H40ClN5O4S2. The van der Waals surface area contributed by atoms with Crippen LogP contribution in [-0.4, -0.2) is 68.5 Å². The van der Waals surface area contributed by atoms with Crippen LogP contribution in [0.5, 0.6) is 5.75 Å². The van der Waals surface area contributed by atoms with Gasteiger partial charge >= 0.3 is 5.97 Å². The second-order valence-corrected chi connectivity index (χ2v) is 14.4. The average molecular weight is 718 g/mol. The van der Waals surface area contributed by atoms with Gasteiger partial charge < -0.3 is 25.3 Å². The Morgan fingerprint density at radius 1 is 1.16 bits per heavy atom. The van der Waals surface area contributed by atoms with Gasteiger partial charge in [-0.1, -0.05) is 41.9 Å². The van der Waals surface area contributed by atoms with Gasteiger partial charge in [0.05, 0.1) is 23.3 Å². The number of aromatic nitrogens is 3.